The summed E-state index contributed by atoms with van der Waals surface area (Å²) >= 11 is 0. The van der Waals surface area contributed by atoms with E-state index in [0.29, 0.717) is 12.0 Å². The van der Waals surface area contributed by atoms with E-state index in [9.17, 15) is 4.79 Å². The predicted octanol–water partition coefficient (Wildman–Crippen LogP) is 6.86. The summed E-state index contributed by atoms with van der Waals surface area (Å²) in [5.41, 5.74) is 7.40. The van der Waals surface area contributed by atoms with Crippen LogP contribution in [0.2, 0.25) is 0 Å². The van der Waals surface area contributed by atoms with Crippen molar-refractivity contribution in [2.75, 3.05) is 7.11 Å². The van der Waals surface area contributed by atoms with Gasteiger partial charge in [0.15, 0.2) is 0 Å². The van der Waals surface area contributed by atoms with Gasteiger partial charge in [0, 0.05) is 0 Å². The number of rotatable bonds is 8. The highest BCUT2D eigenvalue weighted by atomic mass is 16.5. The van der Waals surface area contributed by atoms with Gasteiger partial charge in [-0.3, -0.25) is 4.79 Å². The second kappa shape index (κ2) is 11.1. The Labute approximate surface area is 201 Å². The van der Waals surface area contributed by atoms with Crippen molar-refractivity contribution >= 4 is 5.97 Å². The fourth-order valence-electron chi connectivity index (χ4n) is 4.19. The lowest BCUT2D eigenvalue weighted by Gasteiger charge is -2.15. The summed E-state index contributed by atoms with van der Waals surface area (Å²) in [5, 5.41) is 9.12. The van der Waals surface area contributed by atoms with E-state index in [2.05, 4.69) is 66.7 Å². The van der Waals surface area contributed by atoms with E-state index in [-0.39, 0.29) is 11.9 Å². The largest absolute Gasteiger partial charge is 0.469 e. The van der Waals surface area contributed by atoms with E-state index < -0.39 is 0 Å². The second-order valence-electron chi connectivity index (χ2n) is 8.42. The number of nitriles is 1. The van der Waals surface area contributed by atoms with Gasteiger partial charge in [0.25, 0.3) is 0 Å². The quantitative estimate of drug-likeness (QED) is 0.279. The first-order valence-corrected chi connectivity index (χ1v) is 11.5. The highest BCUT2D eigenvalue weighted by Gasteiger charge is 2.20. The molecule has 0 saturated carbocycles. The summed E-state index contributed by atoms with van der Waals surface area (Å²) in [6.45, 7) is 0. The molecule has 1 atom stereocenters. The highest BCUT2D eigenvalue weighted by Crippen LogP contribution is 2.24. The van der Waals surface area contributed by atoms with Crippen molar-refractivity contribution in [1.29, 1.82) is 5.26 Å². The molecule has 4 rings (SSSR count). The maximum atomic E-state index is 12.5. The summed E-state index contributed by atoms with van der Waals surface area (Å²) < 4.78 is 5.10. The third-order valence-electron chi connectivity index (χ3n) is 6.14. The molecule has 0 N–H and O–H groups in total. The molecule has 0 bridgehead atoms. The number of methoxy groups -OCH3 is 1. The molecule has 0 aliphatic rings. The van der Waals surface area contributed by atoms with Crippen LogP contribution in [0.5, 0.6) is 0 Å². The lowest BCUT2D eigenvalue weighted by Crippen LogP contribution is -2.19. The zero-order valence-electron chi connectivity index (χ0n) is 19.3. The van der Waals surface area contributed by atoms with Crippen LogP contribution in [0.1, 0.15) is 23.1 Å². The monoisotopic (exact) mass is 445 g/mol. The molecule has 3 heteroatoms. The van der Waals surface area contributed by atoms with Crippen LogP contribution in [0.25, 0.3) is 22.3 Å². The van der Waals surface area contributed by atoms with E-state index >= 15 is 0 Å². The van der Waals surface area contributed by atoms with Gasteiger partial charge in [0.1, 0.15) is 0 Å². The molecule has 0 fully saturated rings. The molecule has 0 aliphatic heterocycles. The molecule has 3 nitrogen and oxygen atoms in total. The third kappa shape index (κ3) is 5.79. The highest BCUT2D eigenvalue weighted by molar-refractivity contribution is 5.73. The number of benzene rings is 4. The first-order valence-electron chi connectivity index (χ1n) is 11.5. The SMILES string of the molecule is COC(=O)C(CCc1ccc(-c2cccc(C#N)c2)cc1)Cc1ccc(-c2ccccc2)cc1. The minimum absolute atomic E-state index is 0.169. The molecule has 0 amide bonds. The molecule has 0 spiro atoms. The van der Waals surface area contributed by atoms with Crippen molar-refractivity contribution in [3.63, 3.8) is 0 Å². The van der Waals surface area contributed by atoms with E-state index in [1.807, 2.05) is 36.4 Å². The fraction of sp³-hybridized carbons (Fsp3) is 0.161. The molecule has 168 valence electrons. The van der Waals surface area contributed by atoms with Crippen LogP contribution >= 0.6 is 0 Å². The maximum absolute atomic E-state index is 12.5. The first-order chi connectivity index (χ1) is 16.7. The Kier molecular flexibility index (Phi) is 7.53. The van der Waals surface area contributed by atoms with Crippen LogP contribution < -0.4 is 0 Å². The van der Waals surface area contributed by atoms with E-state index in [1.165, 1.54) is 23.8 Å². The molecule has 0 aromatic heterocycles. The van der Waals surface area contributed by atoms with Crippen molar-refractivity contribution in [1.82, 2.24) is 0 Å². The van der Waals surface area contributed by atoms with Gasteiger partial charge in [-0.25, -0.2) is 0 Å². The van der Waals surface area contributed by atoms with E-state index in [1.54, 1.807) is 6.07 Å². The Morgan fingerprint density at radius 2 is 1.35 bits per heavy atom. The van der Waals surface area contributed by atoms with Crippen LogP contribution in [0, 0.1) is 17.2 Å². The molecule has 1 unspecified atom stereocenters. The van der Waals surface area contributed by atoms with Crippen LogP contribution in [0.3, 0.4) is 0 Å². The Morgan fingerprint density at radius 1 is 0.765 bits per heavy atom. The smallest absolute Gasteiger partial charge is 0.309 e. The van der Waals surface area contributed by atoms with Gasteiger partial charge >= 0.3 is 5.97 Å². The zero-order valence-corrected chi connectivity index (χ0v) is 19.3. The Balaban J connectivity index is 1.41. The van der Waals surface area contributed by atoms with Gasteiger partial charge in [-0.15, -0.1) is 0 Å². The molecule has 4 aromatic rings. The number of carbonyl (C=O) groups is 1. The van der Waals surface area contributed by atoms with Crippen LogP contribution in [-0.4, -0.2) is 13.1 Å². The normalized spacial score (nSPS) is 11.4. The Morgan fingerprint density at radius 3 is 2.00 bits per heavy atom. The standard InChI is InChI=1S/C31H27NO2/c1-34-31(33)30(20-24-13-17-27(18-14-24)26-7-3-2-4-8-26)19-12-23-10-15-28(16-11-23)29-9-5-6-25(21-29)22-32/h2-11,13-18,21,30H,12,19-20H2,1H3. The first kappa shape index (κ1) is 23.0. The second-order valence-corrected chi connectivity index (χ2v) is 8.42. The van der Waals surface area contributed by atoms with Crippen LogP contribution in [0.4, 0.5) is 0 Å². The number of hydrogen-bond acceptors (Lipinski definition) is 3. The Hall–Kier alpha value is -4.16. The number of ether oxygens (including phenoxy) is 1. The lowest BCUT2D eigenvalue weighted by molar-refractivity contribution is -0.145. The molecular weight excluding hydrogens is 418 g/mol. The number of hydrogen-bond donors (Lipinski definition) is 0. The third-order valence-corrected chi connectivity index (χ3v) is 6.14. The van der Waals surface area contributed by atoms with Crippen molar-refractivity contribution in [3.05, 3.63) is 120 Å². The number of nitrogens with zero attached hydrogens (tertiary/aromatic N) is 1. The van der Waals surface area contributed by atoms with Gasteiger partial charge in [0.05, 0.1) is 24.7 Å². The lowest BCUT2D eigenvalue weighted by atomic mass is 9.91. The number of esters is 1. The molecular formula is C31H27NO2. The van der Waals surface area contributed by atoms with Crippen LogP contribution in [-0.2, 0) is 22.4 Å². The summed E-state index contributed by atoms with van der Waals surface area (Å²) in [5.74, 6) is -0.364. The molecule has 0 heterocycles. The molecule has 4 aromatic carbocycles. The van der Waals surface area contributed by atoms with E-state index in [4.69, 9.17) is 10.00 Å². The minimum atomic E-state index is -0.195. The minimum Gasteiger partial charge on any atom is -0.469 e. The van der Waals surface area contributed by atoms with Gasteiger partial charge in [-0.1, -0.05) is 91.0 Å². The van der Waals surface area contributed by atoms with Crippen LogP contribution in [0.15, 0.2) is 103 Å². The van der Waals surface area contributed by atoms with Crippen molar-refractivity contribution in [3.8, 4) is 28.3 Å². The summed E-state index contributed by atoms with van der Waals surface area (Å²) in [4.78, 5) is 12.5. The number of aryl methyl sites for hydroxylation is 1. The van der Waals surface area contributed by atoms with Gasteiger partial charge in [-0.05, 0) is 64.8 Å². The predicted molar refractivity (Wildman–Crippen MR) is 136 cm³/mol. The molecule has 0 radical (unpaired) electrons. The average Bonchev–Trinajstić information content (AvgIpc) is 2.91. The van der Waals surface area contributed by atoms with Crippen molar-refractivity contribution < 1.29 is 9.53 Å². The summed E-state index contributed by atoms with van der Waals surface area (Å²) in [6.07, 6.45) is 2.16. The molecule has 0 aliphatic carbocycles. The average molecular weight is 446 g/mol. The van der Waals surface area contributed by atoms with E-state index in [0.717, 1.165) is 29.5 Å². The van der Waals surface area contributed by atoms with Gasteiger partial charge < -0.3 is 4.74 Å². The summed E-state index contributed by atoms with van der Waals surface area (Å²) in [7, 11) is 1.46. The zero-order chi connectivity index (χ0) is 23.8. The van der Waals surface area contributed by atoms with Gasteiger partial charge in [0.2, 0.25) is 0 Å². The fourth-order valence-corrected chi connectivity index (χ4v) is 4.19. The number of carbonyl (C=O) groups excluding carboxylic acids is 1. The topological polar surface area (TPSA) is 50.1 Å². The maximum Gasteiger partial charge on any atom is 0.309 e. The Bertz CT molecular complexity index is 1270. The van der Waals surface area contributed by atoms with Crippen molar-refractivity contribution in [2.45, 2.75) is 19.3 Å². The molecule has 0 saturated heterocycles. The van der Waals surface area contributed by atoms with Gasteiger partial charge in [-0.2, -0.15) is 5.26 Å². The summed E-state index contributed by atoms with van der Waals surface area (Å²) in [6, 6.07) is 36.8. The van der Waals surface area contributed by atoms with Crippen molar-refractivity contribution in [2.24, 2.45) is 5.92 Å². The molecule has 34 heavy (non-hydrogen) atoms.